The second-order valence-electron chi connectivity index (χ2n) is 6.97. The van der Waals surface area contributed by atoms with Crippen LogP contribution in [0, 0.1) is 0 Å². The lowest BCUT2D eigenvalue weighted by Crippen LogP contribution is -2.57. The molecule has 0 aromatic heterocycles. The van der Waals surface area contributed by atoms with E-state index in [1.165, 1.54) is 6.42 Å². The van der Waals surface area contributed by atoms with Crippen LogP contribution in [0.3, 0.4) is 0 Å². The number of likely N-dealkylation sites (N-methyl/N-ethyl adjacent to an activating group) is 1. The predicted molar refractivity (Wildman–Crippen MR) is 88.0 cm³/mol. The molecule has 0 spiro atoms. The summed E-state index contributed by atoms with van der Waals surface area (Å²) < 4.78 is 29.2. The standard InChI is InChI=1S/C16H28N2O4S/c1-2-17(13-7-10-23(20,21)12-13)11-16(19)18-8-9-22-15-6-4-3-5-14(15)18/h13-15H,2-12H2,1H3/t13-,14-,15+/m0/s1. The fourth-order valence-corrected chi connectivity index (χ4v) is 5.99. The summed E-state index contributed by atoms with van der Waals surface area (Å²) in [6, 6.07) is 0.216. The van der Waals surface area contributed by atoms with E-state index in [0.29, 0.717) is 32.7 Å². The van der Waals surface area contributed by atoms with Crippen LogP contribution >= 0.6 is 0 Å². The molecule has 3 fully saturated rings. The van der Waals surface area contributed by atoms with Crippen LogP contribution in [-0.2, 0) is 19.4 Å². The van der Waals surface area contributed by atoms with Gasteiger partial charge in [-0.1, -0.05) is 19.8 Å². The molecule has 2 saturated heterocycles. The molecule has 0 radical (unpaired) electrons. The zero-order valence-corrected chi connectivity index (χ0v) is 14.8. The summed E-state index contributed by atoms with van der Waals surface area (Å²) in [6.07, 6.45) is 5.27. The second-order valence-corrected chi connectivity index (χ2v) is 9.20. The van der Waals surface area contributed by atoms with Gasteiger partial charge in [-0.15, -0.1) is 0 Å². The van der Waals surface area contributed by atoms with Gasteiger partial charge in [-0.3, -0.25) is 9.69 Å². The molecular formula is C16H28N2O4S. The van der Waals surface area contributed by atoms with Crippen LogP contribution in [0.25, 0.3) is 0 Å². The third-order valence-electron chi connectivity index (χ3n) is 5.52. The molecule has 0 aromatic rings. The molecule has 3 atom stereocenters. The van der Waals surface area contributed by atoms with E-state index >= 15 is 0 Å². The molecule has 1 amide bonds. The largest absolute Gasteiger partial charge is 0.374 e. The van der Waals surface area contributed by atoms with Gasteiger partial charge in [0.05, 0.1) is 36.8 Å². The number of hydrogen-bond acceptors (Lipinski definition) is 5. The van der Waals surface area contributed by atoms with E-state index in [1.807, 2.05) is 16.7 Å². The van der Waals surface area contributed by atoms with Crippen molar-refractivity contribution in [2.45, 2.75) is 57.2 Å². The van der Waals surface area contributed by atoms with Crippen molar-refractivity contribution in [2.75, 3.05) is 37.7 Å². The van der Waals surface area contributed by atoms with Gasteiger partial charge in [0, 0.05) is 12.6 Å². The minimum atomic E-state index is -2.92. The third-order valence-corrected chi connectivity index (χ3v) is 7.27. The fraction of sp³-hybridized carbons (Fsp3) is 0.938. The number of fused-ring (bicyclic) bond motifs is 1. The summed E-state index contributed by atoms with van der Waals surface area (Å²) in [5.41, 5.74) is 0. The van der Waals surface area contributed by atoms with Crippen molar-refractivity contribution in [3.8, 4) is 0 Å². The summed E-state index contributed by atoms with van der Waals surface area (Å²) in [5.74, 6) is 0.588. The normalized spacial score (nSPS) is 33.7. The van der Waals surface area contributed by atoms with Gasteiger partial charge in [0.15, 0.2) is 9.84 Å². The number of amides is 1. The number of morpholine rings is 1. The van der Waals surface area contributed by atoms with Gasteiger partial charge in [-0.2, -0.15) is 0 Å². The highest BCUT2D eigenvalue weighted by Crippen LogP contribution is 2.28. The minimum absolute atomic E-state index is 0.00265. The van der Waals surface area contributed by atoms with Gasteiger partial charge in [0.1, 0.15) is 0 Å². The van der Waals surface area contributed by atoms with E-state index in [4.69, 9.17) is 4.74 Å². The topological polar surface area (TPSA) is 66.9 Å². The van der Waals surface area contributed by atoms with Crippen molar-refractivity contribution >= 4 is 15.7 Å². The number of nitrogens with zero attached hydrogens (tertiary/aromatic N) is 2. The first-order valence-corrected chi connectivity index (χ1v) is 10.7. The maximum atomic E-state index is 12.8. The number of ether oxygens (including phenoxy) is 1. The first-order chi connectivity index (χ1) is 11.0. The molecule has 1 saturated carbocycles. The van der Waals surface area contributed by atoms with Gasteiger partial charge in [-0.25, -0.2) is 8.42 Å². The molecule has 23 heavy (non-hydrogen) atoms. The van der Waals surface area contributed by atoms with E-state index in [1.54, 1.807) is 0 Å². The van der Waals surface area contributed by atoms with Crippen molar-refractivity contribution in [1.82, 2.24) is 9.80 Å². The van der Waals surface area contributed by atoms with Gasteiger partial charge in [0.2, 0.25) is 5.91 Å². The lowest BCUT2D eigenvalue weighted by Gasteiger charge is -2.44. The Hall–Kier alpha value is -0.660. The summed E-state index contributed by atoms with van der Waals surface area (Å²) in [6.45, 7) is 4.34. The lowest BCUT2D eigenvalue weighted by atomic mass is 9.90. The Labute approximate surface area is 139 Å². The van der Waals surface area contributed by atoms with E-state index in [0.717, 1.165) is 19.3 Å². The first-order valence-electron chi connectivity index (χ1n) is 8.85. The van der Waals surface area contributed by atoms with Crippen LogP contribution in [0.5, 0.6) is 0 Å². The Morgan fingerprint density at radius 3 is 2.74 bits per heavy atom. The molecular weight excluding hydrogens is 316 g/mol. The van der Waals surface area contributed by atoms with E-state index in [9.17, 15) is 13.2 Å². The van der Waals surface area contributed by atoms with Gasteiger partial charge >= 0.3 is 0 Å². The van der Waals surface area contributed by atoms with Crippen LogP contribution in [0.2, 0.25) is 0 Å². The fourth-order valence-electron chi connectivity index (χ4n) is 4.23. The van der Waals surface area contributed by atoms with Crippen LogP contribution in [0.4, 0.5) is 0 Å². The molecule has 0 bridgehead atoms. The average Bonchev–Trinajstić information content (AvgIpc) is 2.91. The van der Waals surface area contributed by atoms with E-state index in [2.05, 4.69) is 0 Å². The monoisotopic (exact) mass is 344 g/mol. The Morgan fingerprint density at radius 1 is 1.26 bits per heavy atom. The number of hydrogen-bond donors (Lipinski definition) is 0. The summed E-state index contributed by atoms with van der Waals surface area (Å²) in [5, 5.41) is 0. The highest BCUT2D eigenvalue weighted by molar-refractivity contribution is 7.91. The molecule has 7 heteroatoms. The molecule has 1 aliphatic carbocycles. The van der Waals surface area contributed by atoms with Crippen molar-refractivity contribution < 1.29 is 17.9 Å². The zero-order valence-electron chi connectivity index (χ0n) is 13.9. The van der Waals surface area contributed by atoms with Crippen LogP contribution in [-0.4, -0.2) is 80.1 Å². The molecule has 0 aromatic carbocycles. The number of rotatable bonds is 4. The van der Waals surface area contributed by atoms with E-state index in [-0.39, 0.29) is 35.6 Å². The summed E-state index contributed by atoms with van der Waals surface area (Å²) in [4.78, 5) is 16.9. The van der Waals surface area contributed by atoms with Gasteiger partial charge in [0.25, 0.3) is 0 Å². The Bertz CT molecular complexity index is 534. The second kappa shape index (κ2) is 7.07. The number of sulfone groups is 1. The first kappa shape index (κ1) is 17.2. The Kier molecular flexibility index (Phi) is 5.28. The quantitative estimate of drug-likeness (QED) is 0.750. The molecule has 6 nitrogen and oxygen atoms in total. The van der Waals surface area contributed by atoms with Gasteiger partial charge in [-0.05, 0) is 25.8 Å². The maximum absolute atomic E-state index is 12.8. The van der Waals surface area contributed by atoms with Crippen LogP contribution < -0.4 is 0 Å². The number of carbonyl (C=O) groups excluding carboxylic acids is 1. The van der Waals surface area contributed by atoms with Crippen molar-refractivity contribution in [3.63, 3.8) is 0 Å². The lowest BCUT2D eigenvalue weighted by molar-refractivity contribution is -0.151. The van der Waals surface area contributed by atoms with Crippen molar-refractivity contribution in [1.29, 1.82) is 0 Å². The third kappa shape index (κ3) is 3.88. The van der Waals surface area contributed by atoms with Crippen LogP contribution in [0.1, 0.15) is 39.0 Å². The maximum Gasteiger partial charge on any atom is 0.237 e. The zero-order chi connectivity index (χ0) is 16.4. The molecule has 0 N–H and O–H groups in total. The highest BCUT2D eigenvalue weighted by atomic mass is 32.2. The Morgan fingerprint density at radius 2 is 2.04 bits per heavy atom. The molecule has 3 rings (SSSR count). The van der Waals surface area contributed by atoms with Crippen molar-refractivity contribution in [2.24, 2.45) is 0 Å². The Balaban J connectivity index is 1.62. The van der Waals surface area contributed by atoms with Crippen LogP contribution in [0.15, 0.2) is 0 Å². The molecule has 132 valence electrons. The van der Waals surface area contributed by atoms with Crippen molar-refractivity contribution in [3.05, 3.63) is 0 Å². The molecule has 2 heterocycles. The summed E-state index contributed by atoms with van der Waals surface area (Å²) in [7, 11) is -2.92. The highest BCUT2D eigenvalue weighted by Gasteiger charge is 2.38. The molecule has 0 unspecified atom stereocenters. The SMILES string of the molecule is CCN(CC(=O)N1CCO[C@@H]2CCCC[C@@H]21)[C@H]1CCS(=O)(=O)C1. The van der Waals surface area contributed by atoms with E-state index < -0.39 is 9.84 Å². The molecule has 3 aliphatic rings. The van der Waals surface area contributed by atoms with Gasteiger partial charge < -0.3 is 9.64 Å². The number of carbonyl (C=O) groups is 1. The smallest absolute Gasteiger partial charge is 0.237 e. The average molecular weight is 344 g/mol. The predicted octanol–water partition coefficient (Wildman–Crippen LogP) is 0.665. The molecule has 2 aliphatic heterocycles. The minimum Gasteiger partial charge on any atom is -0.374 e. The summed E-state index contributed by atoms with van der Waals surface area (Å²) >= 11 is 0.